The highest BCUT2D eigenvalue weighted by Gasteiger charge is 1.98. The van der Waals surface area contributed by atoms with Gasteiger partial charge in [-0.2, -0.15) is 0 Å². The maximum Gasteiger partial charge on any atom is 0.130 e. The highest BCUT2D eigenvalue weighted by molar-refractivity contribution is 5.75. The van der Waals surface area contributed by atoms with Gasteiger partial charge in [-0.1, -0.05) is 0 Å². The second-order valence-electron chi connectivity index (χ2n) is 2.82. The average Bonchev–Trinajstić information content (AvgIpc) is 2.01. The summed E-state index contributed by atoms with van der Waals surface area (Å²) in [5.41, 5.74) is 0.948. The van der Waals surface area contributed by atoms with E-state index in [9.17, 15) is 4.79 Å². The normalized spacial score (nSPS) is 9.83. The molecule has 3 heteroatoms. The van der Waals surface area contributed by atoms with E-state index in [1.165, 1.54) is 0 Å². The molecule has 0 amide bonds. The number of Topliss-reactive ketones (excluding diaryl/α,β-unsaturated/α-hetero) is 1. The minimum absolute atomic E-state index is 0.181. The van der Waals surface area contributed by atoms with Gasteiger partial charge in [-0.3, -0.25) is 0 Å². The highest BCUT2D eigenvalue weighted by Crippen LogP contribution is 1.97. The van der Waals surface area contributed by atoms with Gasteiger partial charge < -0.3 is 4.79 Å². The van der Waals surface area contributed by atoms with Crippen molar-refractivity contribution in [1.82, 2.24) is 9.97 Å². The van der Waals surface area contributed by atoms with E-state index >= 15 is 0 Å². The molecule has 1 heterocycles. The van der Waals surface area contributed by atoms with E-state index in [4.69, 9.17) is 0 Å². The van der Waals surface area contributed by atoms with Crippen molar-refractivity contribution < 1.29 is 4.79 Å². The molecule has 0 aliphatic carbocycles. The molecule has 1 rings (SSSR count). The topological polar surface area (TPSA) is 42.9 Å². The van der Waals surface area contributed by atoms with Crippen molar-refractivity contribution in [2.75, 3.05) is 0 Å². The molecule has 64 valence electrons. The molecule has 0 radical (unpaired) electrons. The van der Waals surface area contributed by atoms with Crippen LogP contribution in [-0.4, -0.2) is 15.8 Å². The van der Waals surface area contributed by atoms with Crippen molar-refractivity contribution in [3.8, 4) is 0 Å². The number of rotatable bonds is 3. The Labute approximate surface area is 71.9 Å². The van der Waals surface area contributed by atoms with Crippen LogP contribution in [-0.2, 0) is 11.2 Å². The Kier molecular flexibility index (Phi) is 2.91. The molecule has 0 fully saturated rings. The predicted molar refractivity (Wildman–Crippen MR) is 45.8 cm³/mol. The first-order valence-electron chi connectivity index (χ1n) is 3.96. The fraction of sp³-hybridized carbons (Fsp3) is 0.444. The lowest BCUT2D eigenvalue weighted by Crippen LogP contribution is -1.99. The van der Waals surface area contributed by atoms with E-state index in [1.54, 1.807) is 13.1 Å². The van der Waals surface area contributed by atoms with Crippen molar-refractivity contribution in [1.29, 1.82) is 0 Å². The van der Waals surface area contributed by atoms with E-state index in [0.29, 0.717) is 12.8 Å². The molecule has 0 saturated heterocycles. The lowest BCUT2D eigenvalue weighted by Gasteiger charge is -1.97. The third kappa shape index (κ3) is 2.78. The Bertz CT molecular complexity index is 284. The van der Waals surface area contributed by atoms with Gasteiger partial charge in [-0.05, 0) is 19.9 Å². The molecule has 1 aromatic heterocycles. The molecular weight excluding hydrogens is 152 g/mol. The van der Waals surface area contributed by atoms with E-state index in [1.807, 2.05) is 13.0 Å². The number of nitrogens with zero attached hydrogens (tertiary/aromatic N) is 2. The lowest BCUT2D eigenvalue weighted by molar-refractivity contribution is -0.117. The monoisotopic (exact) mass is 164 g/mol. The summed E-state index contributed by atoms with van der Waals surface area (Å²) in [4.78, 5) is 18.9. The third-order valence-corrected chi connectivity index (χ3v) is 1.55. The van der Waals surface area contributed by atoms with Crippen molar-refractivity contribution in [3.63, 3.8) is 0 Å². The summed E-state index contributed by atoms with van der Waals surface area (Å²) < 4.78 is 0. The van der Waals surface area contributed by atoms with Crippen LogP contribution < -0.4 is 0 Å². The van der Waals surface area contributed by atoms with Crippen LogP contribution in [0.1, 0.15) is 24.9 Å². The number of hydrogen-bond acceptors (Lipinski definition) is 3. The van der Waals surface area contributed by atoms with Crippen molar-refractivity contribution in [2.24, 2.45) is 0 Å². The summed E-state index contributed by atoms with van der Waals surface area (Å²) in [6, 6.07) is 1.84. The van der Waals surface area contributed by atoms with Crippen LogP contribution in [0.4, 0.5) is 0 Å². The van der Waals surface area contributed by atoms with Crippen molar-refractivity contribution in [3.05, 3.63) is 23.8 Å². The summed E-state index contributed by atoms with van der Waals surface area (Å²) in [6.45, 7) is 3.49. The molecule has 1 aromatic rings. The Morgan fingerprint density at radius 3 is 2.92 bits per heavy atom. The molecule has 0 aliphatic rings. The first-order chi connectivity index (χ1) is 5.68. The van der Waals surface area contributed by atoms with Crippen LogP contribution in [0, 0.1) is 6.92 Å². The van der Waals surface area contributed by atoms with Crippen LogP contribution in [0.15, 0.2) is 12.3 Å². The summed E-state index contributed by atoms with van der Waals surface area (Å²) in [5, 5.41) is 0. The van der Waals surface area contributed by atoms with Gasteiger partial charge in [-0.25, -0.2) is 9.97 Å². The average molecular weight is 164 g/mol. The first kappa shape index (κ1) is 8.84. The van der Waals surface area contributed by atoms with Crippen LogP contribution >= 0.6 is 0 Å². The zero-order valence-corrected chi connectivity index (χ0v) is 7.37. The van der Waals surface area contributed by atoms with Gasteiger partial charge in [0.25, 0.3) is 0 Å². The number of carbonyl (C=O) groups is 1. The summed E-state index contributed by atoms with van der Waals surface area (Å²) in [6.07, 6.45) is 2.90. The standard InChI is InChI=1S/C9H12N2O/c1-7-5-6-10-9(11-7)4-3-8(2)12/h5-6H,3-4H2,1-2H3. The van der Waals surface area contributed by atoms with Crippen molar-refractivity contribution in [2.45, 2.75) is 26.7 Å². The number of carbonyl (C=O) groups excluding carboxylic acids is 1. The smallest absolute Gasteiger partial charge is 0.130 e. The lowest BCUT2D eigenvalue weighted by atomic mass is 10.2. The maximum absolute atomic E-state index is 10.6. The SMILES string of the molecule is CC(=O)CCc1nccc(C)n1. The van der Waals surface area contributed by atoms with Gasteiger partial charge in [0.1, 0.15) is 11.6 Å². The molecule has 0 unspecified atom stereocenters. The second-order valence-corrected chi connectivity index (χ2v) is 2.82. The Morgan fingerprint density at radius 2 is 2.33 bits per heavy atom. The summed E-state index contributed by atoms with van der Waals surface area (Å²) in [5.74, 6) is 0.935. The second kappa shape index (κ2) is 3.95. The fourth-order valence-corrected chi connectivity index (χ4v) is 0.909. The van der Waals surface area contributed by atoms with E-state index < -0.39 is 0 Å². The first-order valence-corrected chi connectivity index (χ1v) is 3.96. The molecule has 0 atom stereocenters. The van der Waals surface area contributed by atoms with E-state index in [2.05, 4.69) is 9.97 Å². The molecule has 0 N–H and O–H groups in total. The van der Waals surface area contributed by atoms with E-state index in [-0.39, 0.29) is 5.78 Å². The molecular formula is C9H12N2O. The van der Waals surface area contributed by atoms with Gasteiger partial charge >= 0.3 is 0 Å². The number of aryl methyl sites for hydroxylation is 2. The minimum atomic E-state index is 0.181. The van der Waals surface area contributed by atoms with Gasteiger partial charge in [0.15, 0.2) is 0 Å². The molecule has 0 bridgehead atoms. The summed E-state index contributed by atoms with van der Waals surface area (Å²) in [7, 11) is 0. The van der Waals surface area contributed by atoms with Crippen molar-refractivity contribution >= 4 is 5.78 Å². The fourth-order valence-electron chi connectivity index (χ4n) is 0.909. The molecule has 12 heavy (non-hydrogen) atoms. The van der Waals surface area contributed by atoms with Crippen LogP contribution in [0.5, 0.6) is 0 Å². The Hall–Kier alpha value is -1.25. The van der Waals surface area contributed by atoms with Gasteiger partial charge in [0.05, 0.1) is 0 Å². The predicted octanol–water partition coefficient (Wildman–Crippen LogP) is 1.31. The largest absolute Gasteiger partial charge is 0.300 e. The Morgan fingerprint density at radius 1 is 1.58 bits per heavy atom. The van der Waals surface area contributed by atoms with Crippen LogP contribution in [0.25, 0.3) is 0 Å². The van der Waals surface area contributed by atoms with Gasteiger partial charge in [0.2, 0.25) is 0 Å². The third-order valence-electron chi connectivity index (χ3n) is 1.55. The number of aromatic nitrogens is 2. The summed E-state index contributed by atoms with van der Waals surface area (Å²) >= 11 is 0. The number of ketones is 1. The van der Waals surface area contributed by atoms with Crippen LogP contribution in [0.3, 0.4) is 0 Å². The number of hydrogen-bond donors (Lipinski definition) is 0. The Balaban J connectivity index is 2.57. The molecule has 0 aromatic carbocycles. The molecule has 0 saturated carbocycles. The van der Waals surface area contributed by atoms with Crippen LogP contribution in [0.2, 0.25) is 0 Å². The highest BCUT2D eigenvalue weighted by atomic mass is 16.1. The zero-order valence-electron chi connectivity index (χ0n) is 7.37. The quantitative estimate of drug-likeness (QED) is 0.676. The molecule has 0 spiro atoms. The van der Waals surface area contributed by atoms with E-state index in [0.717, 1.165) is 11.5 Å². The molecule has 0 aliphatic heterocycles. The van der Waals surface area contributed by atoms with Gasteiger partial charge in [-0.15, -0.1) is 0 Å². The zero-order chi connectivity index (χ0) is 8.97. The minimum Gasteiger partial charge on any atom is -0.300 e. The molecule has 3 nitrogen and oxygen atoms in total. The van der Waals surface area contributed by atoms with Gasteiger partial charge in [0, 0.05) is 24.7 Å². The maximum atomic E-state index is 10.6.